The van der Waals surface area contributed by atoms with Gasteiger partial charge in [0.15, 0.2) is 0 Å². The van der Waals surface area contributed by atoms with Crippen LogP contribution in [0.3, 0.4) is 0 Å². The maximum atomic E-state index is 14.6. The Labute approximate surface area is 165 Å². The highest BCUT2D eigenvalue weighted by molar-refractivity contribution is 5.94. The number of methoxy groups -OCH3 is 1. The molecule has 2 aromatic rings. The number of carbonyl (C=O) groups excluding carboxylic acids is 1. The van der Waals surface area contributed by atoms with Gasteiger partial charge in [0, 0.05) is 5.56 Å². The number of carbonyl (C=O) groups is 1. The topological polar surface area (TPSA) is 35.5 Å². The molecule has 0 radical (unpaired) electrons. The van der Waals surface area contributed by atoms with Gasteiger partial charge in [0.05, 0.1) is 12.7 Å². The highest BCUT2D eigenvalue weighted by Gasteiger charge is 2.33. The first-order valence-electron chi connectivity index (χ1n) is 9.01. The van der Waals surface area contributed by atoms with Crippen LogP contribution < -0.4 is 4.74 Å². The Morgan fingerprint density at radius 2 is 1.76 bits per heavy atom. The average molecular weight is 408 g/mol. The molecule has 1 aliphatic rings. The van der Waals surface area contributed by atoms with Crippen molar-refractivity contribution in [1.82, 2.24) is 0 Å². The molecule has 29 heavy (non-hydrogen) atoms. The van der Waals surface area contributed by atoms with Crippen LogP contribution in [-0.4, -0.2) is 19.4 Å². The van der Waals surface area contributed by atoms with E-state index in [1.54, 1.807) is 6.07 Å². The maximum absolute atomic E-state index is 14.6. The fourth-order valence-electron chi connectivity index (χ4n) is 3.62. The molecule has 0 aromatic heterocycles. The lowest BCUT2D eigenvalue weighted by atomic mass is 9.79. The summed E-state index contributed by atoms with van der Waals surface area (Å²) in [6, 6.07) is 7.45. The molecule has 3 rings (SSSR count). The zero-order valence-electron chi connectivity index (χ0n) is 16.2. The normalized spacial score (nSPS) is 15.8. The minimum atomic E-state index is -4.89. The molecule has 0 saturated carbocycles. The second-order valence-electron chi connectivity index (χ2n) is 7.48. The van der Waals surface area contributed by atoms with Gasteiger partial charge < -0.3 is 9.47 Å². The third-order valence-corrected chi connectivity index (χ3v) is 5.04. The number of halogens is 4. The van der Waals surface area contributed by atoms with Crippen molar-refractivity contribution in [2.24, 2.45) is 5.41 Å². The predicted octanol–water partition coefficient (Wildman–Crippen LogP) is 6.38. The van der Waals surface area contributed by atoms with Crippen LogP contribution in [0.4, 0.5) is 17.6 Å². The molecule has 2 aromatic carbocycles. The number of esters is 1. The van der Waals surface area contributed by atoms with Gasteiger partial charge in [-0.2, -0.15) is 0 Å². The van der Waals surface area contributed by atoms with Crippen LogP contribution in [0.5, 0.6) is 5.75 Å². The zero-order valence-corrected chi connectivity index (χ0v) is 16.2. The average Bonchev–Trinajstić information content (AvgIpc) is 3.00. The van der Waals surface area contributed by atoms with Crippen LogP contribution in [0, 0.1) is 11.2 Å². The second kappa shape index (κ2) is 7.54. The van der Waals surface area contributed by atoms with E-state index in [4.69, 9.17) is 4.74 Å². The van der Waals surface area contributed by atoms with E-state index in [0.29, 0.717) is 11.1 Å². The SMILES string of the molecule is COC(=O)c1ccc(-c2cc(OC(F)(F)F)ccc2F)c(C2=CCCC2(C)C)c1. The maximum Gasteiger partial charge on any atom is 0.573 e. The quantitative estimate of drug-likeness (QED) is 0.435. The van der Waals surface area contributed by atoms with Crippen molar-refractivity contribution in [3.8, 4) is 16.9 Å². The largest absolute Gasteiger partial charge is 0.573 e. The minimum absolute atomic E-state index is 0.0400. The smallest absolute Gasteiger partial charge is 0.465 e. The number of hydrogen-bond acceptors (Lipinski definition) is 3. The Bertz CT molecular complexity index is 975. The summed E-state index contributed by atoms with van der Waals surface area (Å²) >= 11 is 0. The summed E-state index contributed by atoms with van der Waals surface area (Å²) in [4.78, 5) is 12.0. The van der Waals surface area contributed by atoms with Crippen LogP contribution >= 0.6 is 0 Å². The molecule has 3 nitrogen and oxygen atoms in total. The third kappa shape index (κ3) is 4.44. The first-order valence-corrected chi connectivity index (χ1v) is 9.01. The van der Waals surface area contributed by atoms with Gasteiger partial charge in [0.2, 0.25) is 0 Å². The van der Waals surface area contributed by atoms with Crippen LogP contribution in [0.15, 0.2) is 42.5 Å². The van der Waals surface area contributed by atoms with Crippen molar-refractivity contribution in [2.75, 3.05) is 7.11 Å². The number of ether oxygens (including phenoxy) is 2. The van der Waals surface area contributed by atoms with E-state index in [1.807, 2.05) is 19.9 Å². The van der Waals surface area contributed by atoms with Crippen LogP contribution in [0.25, 0.3) is 16.7 Å². The summed E-state index contributed by atoms with van der Waals surface area (Å²) in [5.74, 6) is -1.76. The van der Waals surface area contributed by atoms with E-state index in [2.05, 4.69) is 4.74 Å². The molecule has 0 amide bonds. The second-order valence-corrected chi connectivity index (χ2v) is 7.48. The van der Waals surface area contributed by atoms with E-state index < -0.39 is 23.9 Å². The lowest BCUT2D eigenvalue weighted by Crippen LogP contribution is -2.17. The van der Waals surface area contributed by atoms with Gasteiger partial charge in [0.25, 0.3) is 0 Å². The van der Waals surface area contributed by atoms with E-state index in [1.165, 1.54) is 19.2 Å². The molecule has 0 atom stereocenters. The highest BCUT2D eigenvalue weighted by Crippen LogP contribution is 2.47. The first-order chi connectivity index (χ1) is 13.5. The lowest BCUT2D eigenvalue weighted by molar-refractivity contribution is -0.274. The summed E-state index contributed by atoms with van der Waals surface area (Å²) in [6.07, 6.45) is -1.20. The van der Waals surface area contributed by atoms with Crippen molar-refractivity contribution in [2.45, 2.75) is 33.1 Å². The number of benzene rings is 2. The van der Waals surface area contributed by atoms with E-state index >= 15 is 0 Å². The Hall–Kier alpha value is -2.83. The summed E-state index contributed by atoms with van der Waals surface area (Å²) in [5, 5.41) is 0. The number of alkyl halides is 3. The number of allylic oxidation sites excluding steroid dienone is 2. The van der Waals surface area contributed by atoms with Gasteiger partial charge in [-0.1, -0.05) is 26.0 Å². The number of hydrogen-bond donors (Lipinski definition) is 0. The Morgan fingerprint density at radius 3 is 2.34 bits per heavy atom. The van der Waals surface area contributed by atoms with Crippen molar-refractivity contribution < 1.29 is 31.8 Å². The van der Waals surface area contributed by atoms with Gasteiger partial charge in [-0.05, 0) is 65.3 Å². The molecule has 0 fully saturated rings. The Kier molecular flexibility index (Phi) is 5.43. The zero-order chi connectivity index (χ0) is 21.4. The summed E-state index contributed by atoms with van der Waals surface area (Å²) < 4.78 is 61.2. The van der Waals surface area contributed by atoms with Crippen molar-refractivity contribution in [3.63, 3.8) is 0 Å². The van der Waals surface area contributed by atoms with E-state index in [-0.39, 0.29) is 16.5 Å². The first kappa shape index (κ1) is 20.9. The summed E-state index contributed by atoms with van der Waals surface area (Å²) in [7, 11) is 1.26. The summed E-state index contributed by atoms with van der Waals surface area (Å²) in [6.45, 7) is 4.06. The molecular weight excluding hydrogens is 388 g/mol. The molecule has 7 heteroatoms. The fourth-order valence-corrected chi connectivity index (χ4v) is 3.62. The van der Waals surface area contributed by atoms with E-state index in [9.17, 15) is 22.4 Å². The molecule has 0 N–H and O–H groups in total. The highest BCUT2D eigenvalue weighted by atomic mass is 19.4. The molecule has 0 aliphatic heterocycles. The molecule has 154 valence electrons. The fraction of sp³-hybridized carbons (Fsp3) is 0.318. The number of rotatable bonds is 4. The standard InChI is InChI=1S/C22H20F4O3/c1-21(2)10-4-5-18(21)16-11-13(20(27)28-3)6-8-15(16)17-12-14(7-9-19(17)23)29-22(24,25)26/h5-9,11-12H,4,10H2,1-3H3. The van der Waals surface area contributed by atoms with Crippen molar-refractivity contribution in [1.29, 1.82) is 0 Å². The van der Waals surface area contributed by atoms with E-state index in [0.717, 1.165) is 36.6 Å². The minimum Gasteiger partial charge on any atom is -0.465 e. The molecule has 1 aliphatic carbocycles. The lowest BCUT2D eigenvalue weighted by Gasteiger charge is -2.25. The van der Waals surface area contributed by atoms with Gasteiger partial charge in [-0.15, -0.1) is 13.2 Å². The molecule has 0 saturated heterocycles. The van der Waals surface area contributed by atoms with Gasteiger partial charge in [-0.3, -0.25) is 0 Å². The summed E-state index contributed by atoms with van der Waals surface area (Å²) in [5.41, 5.74) is 1.86. The van der Waals surface area contributed by atoms with Gasteiger partial charge in [-0.25, -0.2) is 9.18 Å². The third-order valence-electron chi connectivity index (χ3n) is 5.04. The molecule has 0 bridgehead atoms. The van der Waals surface area contributed by atoms with Crippen LogP contribution in [-0.2, 0) is 4.74 Å². The monoisotopic (exact) mass is 408 g/mol. The molecule has 0 spiro atoms. The molecule has 0 heterocycles. The Morgan fingerprint density at radius 1 is 1.03 bits per heavy atom. The molecule has 0 unspecified atom stereocenters. The predicted molar refractivity (Wildman–Crippen MR) is 101 cm³/mol. The van der Waals surface area contributed by atoms with Gasteiger partial charge >= 0.3 is 12.3 Å². The molecular formula is C22H20F4O3. The van der Waals surface area contributed by atoms with Crippen LogP contribution in [0.1, 0.15) is 42.6 Å². The van der Waals surface area contributed by atoms with Crippen molar-refractivity contribution in [3.05, 3.63) is 59.4 Å². The van der Waals surface area contributed by atoms with Crippen LogP contribution in [0.2, 0.25) is 0 Å². The Balaban J connectivity index is 2.19. The van der Waals surface area contributed by atoms with Crippen molar-refractivity contribution >= 4 is 11.5 Å². The van der Waals surface area contributed by atoms with Gasteiger partial charge in [0.1, 0.15) is 11.6 Å².